The van der Waals surface area contributed by atoms with Gasteiger partial charge in [-0.1, -0.05) is 6.07 Å². The van der Waals surface area contributed by atoms with Crippen molar-refractivity contribution in [1.82, 2.24) is 19.8 Å². The molecule has 7 nitrogen and oxygen atoms in total. The van der Waals surface area contributed by atoms with E-state index in [-0.39, 0.29) is 0 Å². The number of ether oxygens (including phenoxy) is 1. The molecule has 1 spiro atoms. The van der Waals surface area contributed by atoms with Crippen molar-refractivity contribution in [1.29, 1.82) is 0 Å². The number of anilines is 1. The van der Waals surface area contributed by atoms with E-state index in [9.17, 15) is 13.6 Å². The maximum atomic E-state index is 13.6. The van der Waals surface area contributed by atoms with Crippen molar-refractivity contribution in [3.63, 3.8) is 0 Å². The van der Waals surface area contributed by atoms with Gasteiger partial charge in [0, 0.05) is 80.6 Å². The van der Waals surface area contributed by atoms with Gasteiger partial charge in [0.25, 0.3) is 0 Å². The number of halogens is 2. The minimum Gasteiger partial charge on any atom is -0.455 e. The molecule has 3 fully saturated rings. The van der Waals surface area contributed by atoms with E-state index in [1.54, 1.807) is 12.3 Å². The lowest BCUT2D eigenvalue weighted by Crippen LogP contribution is -2.68. The second kappa shape index (κ2) is 9.98. The van der Waals surface area contributed by atoms with Crippen LogP contribution in [0.15, 0.2) is 60.9 Å². The van der Waals surface area contributed by atoms with E-state index in [1.165, 1.54) is 25.0 Å². The molecule has 2 aliphatic heterocycles. The van der Waals surface area contributed by atoms with E-state index in [1.807, 2.05) is 36.5 Å². The summed E-state index contributed by atoms with van der Waals surface area (Å²) in [5.41, 5.74) is 3.56. The number of rotatable bonds is 7. The predicted octanol–water partition coefficient (Wildman–Crippen LogP) is 5.23. The number of carbonyl (C=O) groups is 1. The van der Waals surface area contributed by atoms with Gasteiger partial charge in [-0.15, -0.1) is 0 Å². The van der Waals surface area contributed by atoms with Crippen LogP contribution >= 0.6 is 0 Å². The molecule has 3 aliphatic rings. The molecule has 40 heavy (non-hydrogen) atoms. The molecule has 2 saturated heterocycles. The predicted molar refractivity (Wildman–Crippen MR) is 149 cm³/mol. The van der Waals surface area contributed by atoms with Crippen molar-refractivity contribution >= 4 is 23.0 Å². The molecule has 1 aliphatic carbocycles. The zero-order valence-electron chi connectivity index (χ0n) is 22.2. The number of piperazine rings is 1. The molecule has 2 aromatic carbocycles. The van der Waals surface area contributed by atoms with Gasteiger partial charge in [0.2, 0.25) is 0 Å². The number of carbonyl (C=O) groups excluding carboxylic acids is 1. The first-order valence-electron chi connectivity index (χ1n) is 13.8. The van der Waals surface area contributed by atoms with Crippen LogP contribution in [0.2, 0.25) is 0 Å². The largest absolute Gasteiger partial charge is 0.455 e. The number of aromatic nitrogens is 2. The average molecular weight is 544 g/mol. The Hall–Kier alpha value is -3.82. The first kappa shape index (κ1) is 25.2. The first-order valence-corrected chi connectivity index (χ1v) is 13.8. The Morgan fingerprint density at radius 3 is 2.60 bits per heavy atom. The Kier molecular flexibility index (Phi) is 6.28. The van der Waals surface area contributed by atoms with E-state index in [0.717, 1.165) is 67.8 Å². The smallest absolute Gasteiger partial charge is 0.159 e. The molecule has 1 saturated carbocycles. The summed E-state index contributed by atoms with van der Waals surface area (Å²) in [5.74, 6) is -0.435. The van der Waals surface area contributed by atoms with Gasteiger partial charge in [-0.25, -0.2) is 13.8 Å². The summed E-state index contributed by atoms with van der Waals surface area (Å²) in [7, 11) is 0. The molecule has 0 unspecified atom stereocenters. The van der Waals surface area contributed by atoms with Crippen molar-refractivity contribution in [2.75, 3.05) is 44.2 Å². The number of hydrogen-bond donors (Lipinski definition) is 1. The quantitative estimate of drug-likeness (QED) is 0.322. The number of pyridine rings is 1. The number of aromatic amines is 1. The molecular weight excluding hydrogens is 512 g/mol. The average Bonchev–Trinajstić information content (AvgIpc) is 3.38. The summed E-state index contributed by atoms with van der Waals surface area (Å²) in [6.45, 7) is 6.56. The van der Waals surface area contributed by atoms with Gasteiger partial charge in [-0.2, -0.15) is 0 Å². The number of hydrogen-bond acceptors (Lipinski definition) is 6. The maximum Gasteiger partial charge on any atom is 0.159 e. The zero-order chi connectivity index (χ0) is 27.3. The summed E-state index contributed by atoms with van der Waals surface area (Å²) in [6.07, 6.45) is 6.72. The first-order chi connectivity index (χ1) is 19.5. The van der Waals surface area contributed by atoms with Gasteiger partial charge in [-0.05, 0) is 54.8 Å². The monoisotopic (exact) mass is 543 g/mol. The Labute approximate surface area is 231 Å². The van der Waals surface area contributed by atoms with Gasteiger partial charge >= 0.3 is 0 Å². The highest BCUT2D eigenvalue weighted by molar-refractivity contribution is 5.82. The van der Waals surface area contributed by atoms with Crippen molar-refractivity contribution in [2.24, 2.45) is 5.41 Å². The molecule has 0 atom stereocenters. The minimum absolute atomic E-state index is 0.362. The standard InChI is InChI=1S/C31H31F2N5O2/c32-27-4-1-21(11-28(27)33)17-36-7-9-37(10-8-36)25-14-31(15-25)19-38(20-31)24-3-2-23(18-39)29(13-24)40-26-12-22-5-6-34-30(22)35-16-26/h1-6,11-13,16,18,25H,7-10,14-15,17,19-20H2,(H,34,35). The third-order valence-electron chi connectivity index (χ3n) is 8.80. The number of aldehydes is 1. The topological polar surface area (TPSA) is 64.7 Å². The summed E-state index contributed by atoms with van der Waals surface area (Å²) in [6, 6.07) is 14.4. The minimum atomic E-state index is -0.794. The zero-order valence-corrected chi connectivity index (χ0v) is 22.2. The van der Waals surface area contributed by atoms with Gasteiger partial charge in [0.1, 0.15) is 17.1 Å². The normalized spacial score (nSPS) is 19.5. The Bertz CT molecular complexity index is 1550. The number of fused-ring (bicyclic) bond motifs is 1. The van der Waals surface area contributed by atoms with E-state index < -0.39 is 11.6 Å². The van der Waals surface area contributed by atoms with Crippen molar-refractivity contribution in [3.05, 3.63) is 83.7 Å². The van der Waals surface area contributed by atoms with Crippen LogP contribution in [0, 0.1) is 17.0 Å². The summed E-state index contributed by atoms with van der Waals surface area (Å²) in [5, 5.41) is 0.954. The molecular formula is C31H31F2N5O2. The number of nitrogens with zero attached hydrogens (tertiary/aromatic N) is 4. The van der Waals surface area contributed by atoms with Crippen LogP contribution in [0.3, 0.4) is 0 Å². The third-order valence-corrected chi connectivity index (χ3v) is 8.80. The van der Waals surface area contributed by atoms with Gasteiger partial charge < -0.3 is 14.6 Å². The second-order valence-electron chi connectivity index (χ2n) is 11.5. The van der Waals surface area contributed by atoms with Crippen LogP contribution in [0.5, 0.6) is 11.5 Å². The fourth-order valence-electron chi connectivity index (χ4n) is 6.59. The van der Waals surface area contributed by atoms with Crippen molar-refractivity contribution in [3.8, 4) is 11.5 Å². The Morgan fingerprint density at radius 2 is 1.82 bits per heavy atom. The third kappa shape index (κ3) is 4.73. The highest BCUT2D eigenvalue weighted by atomic mass is 19.2. The van der Waals surface area contributed by atoms with Gasteiger partial charge in [-0.3, -0.25) is 14.6 Å². The van der Waals surface area contributed by atoms with Crippen molar-refractivity contribution in [2.45, 2.75) is 25.4 Å². The molecule has 0 radical (unpaired) electrons. The van der Waals surface area contributed by atoms with E-state index >= 15 is 0 Å². The lowest BCUT2D eigenvalue weighted by atomic mass is 9.60. The van der Waals surface area contributed by atoms with Gasteiger partial charge in [0.15, 0.2) is 17.9 Å². The molecule has 206 valence electrons. The summed E-state index contributed by atoms with van der Waals surface area (Å²) >= 11 is 0. The molecule has 4 heterocycles. The van der Waals surface area contributed by atoms with Crippen LogP contribution in [0.4, 0.5) is 14.5 Å². The van der Waals surface area contributed by atoms with Crippen LogP contribution in [0.25, 0.3) is 11.0 Å². The highest BCUT2D eigenvalue weighted by Crippen LogP contribution is 2.52. The fraction of sp³-hybridized carbons (Fsp3) is 0.355. The molecule has 4 aromatic rings. The van der Waals surface area contributed by atoms with Crippen LogP contribution in [-0.2, 0) is 6.54 Å². The Morgan fingerprint density at radius 1 is 1.00 bits per heavy atom. The molecule has 2 aromatic heterocycles. The van der Waals surface area contributed by atoms with E-state index in [0.29, 0.717) is 35.1 Å². The molecule has 0 amide bonds. The van der Waals surface area contributed by atoms with Crippen molar-refractivity contribution < 1.29 is 18.3 Å². The lowest BCUT2D eigenvalue weighted by molar-refractivity contribution is -0.0380. The lowest BCUT2D eigenvalue weighted by Gasteiger charge is -2.62. The number of nitrogens with one attached hydrogen (secondary N) is 1. The number of H-pyrrole nitrogens is 1. The van der Waals surface area contributed by atoms with Crippen LogP contribution in [-0.4, -0.2) is 71.4 Å². The highest BCUT2D eigenvalue weighted by Gasteiger charge is 2.54. The van der Waals surface area contributed by atoms with E-state index in [2.05, 4.69) is 24.7 Å². The second-order valence-corrected chi connectivity index (χ2v) is 11.5. The van der Waals surface area contributed by atoms with Crippen LogP contribution < -0.4 is 9.64 Å². The SMILES string of the molecule is O=Cc1ccc(N2CC3(CC(N4CCN(Cc5ccc(F)c(F)c5)CC4)C3)C2)cc1Oc1cnc2[nH]ccc2c1. The van der Waals surface area contributed by atoms with E-state index in [4.69, 9.17) is 4.74 Å². The molecule has 1 N–H and O–H groups in total. The van der Waals surface area contributed by atoms with Crippen LogP contribution in [0.1, 0.15) is 28.8 Å². The Balaban J connectivity index is 0.920. The summed E-state index contributed by atoms with van der Waals surface area (Å²) < 4.78 is 32.9. The molecule has 7 rings (SSSR count). The molecule has 9 heteroatoms. The molecule has 0 bridgehead atoms. The van der Waals surface area contributed by atoms with Gasteiger partial charge in [0.05, 0.1) is 11.8 Å². The fourth-order valence-corrected chi connectivity index (χ4v) is 6.59. The number of benzene rings is 2. The summed E-state index contributed by atoms with van der Waals surface area (Å²) in [4.78, 5) is 26.4. The maximum absolute atomic E-state index is 13.6.